The zero-order valence-electron chi connectivity index (χ0n) is 11.4. The monoisotopic (exact) mass is 245 g/mol. The predicted molar refractivity (Wildman–Crippen MR) is 74.6 cm³/mol. The van der Waals surface area contributed by atoms with Crippen LogP contribution in [-0.4, -0.2) is 29.8 Å². The molecule has 1 aromatic carbocycles. The van der Waals surface area contributed by atoms with Gasteiger partial charge < -0.3 is 0 Å². The largest absolute Gasteiger partial charge is 0.298 e. The summed E-state index contributed by atoms with van der Waals surface area (Å²) in [6, 6.07) is 10.5. The molecular formula is C16H23NO. The van der Waals surface area contributed by atoms with Gasteiger partial charge in [0.05, 0.1) is 6.54 Å². The fourth-order valence-corrected chi connectivity index (χ4v) is 2.20. The second-order valence-corrected chi connectivity index (χ2v) is 5.67. The Bertz CT molecular complexity index is 381. The fourth-order valence-electron chi connectivity index (χ4n) is 2.20. The second-order valence-electron chi connectivity index (χ2n) is 5.67. The maximum absolute atomic E-state index is 12.1. The first-order valence-electron chi connectivity index (χ1n) is 6.95. The van der Waals surface area contributed by atoms with Crippen LogP contribution in [0.1, 0.15) is 32.3 Å². The van der Waals surface area contributed by atoms with E-state index < -0.39 is 0 Å². The fraction of sp³-hybridized carbons (Fsp3) is 0.562. The van der Waals surface area contributed by atoms with Gasteiger partial charge in [-0.3, -0.25) is 9.69 Å². The van der Waals surface area contributed by atoms with Crippen LogP contribution >= 0.6 is 0 Å². The molecule has 1 aliphatic rings. The SMILES string of the molecule is CC(C)N(CC(=O)Cc1ccccc1)CC1CC1. The minimum Gasteiger partial charge on any atom is -0.298 e. The summed E-state index contributed by atoms with van der Waals surface area (Å²) in [7, 11) is 0. The Balaban J connectivity index is 1.84. The van der Waals surface area contributed by atoms with E-state index in [1.807, 2.05) is 30.3 Å². The molecule has 0 aliphatic heterocycles. The standard InChI is InChI=1S/C16H23NO/c1-13(2)17(11-15-8-9-15)12-16(18)10-14-6-4-3-5-7-14/h3-7,13,15H,8-12H2,1-2H3. The van der Waals surface area contributed by atoms with Gasteiger partial charge >= 0.3 is 0 Å². The van der Waals surface area contributed by atoms with E-state index in [0.29, 0.717) is 24.8 Å². The van der Waals surface area contributed by atoms with Crippen molar-refractivity contribution in [2.24, 2.45) is 5.92 Å². The quantitative estimate of drug-likeness (QED) is 0.736. The average Bonchev–Trinajstić information content (AvgIpc) is 3.13. The van der Waals surface area contributed by atoms with Crippen molar-refractivity contribution in [1.82, 2.24) is 4.90 Å². The number of rotatable bonds is 7. The lowest BCUT2D eigenvalue weighted by molar-refractivity contribution is -0.120. The lowest BCUT2D eigenvalue weighted by Crippen LogP contribution is -2.37. The van der Waals surface area contributed by atoms with Crippen LogP contribution < -0.4 is 0 Å². The van der Waals surface area contributed by atoms with Crippen LogP contribution in [0, 0.1) is 5.92 Å². The highest BCUT2D eigenvalue weighted by atomic mass is 16.1. The Morgan fingerprint density at radius 2 is 1.94 bits per heavy atom. The number of carbonyl (C=O) groups is 1. The first kappa shape index (κ1) is 13.3. The topological polar surface area (TPSA) is 20.3 Å². The van der Waals surface area contributed by atoms with Crippen molar-refractivity contribution < 1.29 is 4.79 Å². The maximum Gasteiger partial charge on any atom is 0.151 e. The molecule has 0 bridgehead atoms. The summed E-state index contributed by atoms with van der Waals surface area (Å²) in [4.78, 5) is 14.4. The van der Waals surface area contributed by atoms with Crippen LogP contribution in [0.2, 0.25) is 0 Å². The highest BCUT2D eigenvalue weighted by molar-refractivity contribution is 5.82. The predicted octanol–water partition coefficient (Wildman–Crippen LogP) is 2.92. The summed E-state index contributed by atoms with van der Waals surface area (Å²) in [5, 5.41) is 0. The molecule has 0 N–H and O–H groups in total. The van der Waals surface area contributed by atoms with Gasteiger partial charge in [-0.1, -0.05) is 30.3 Å². The number of benzene rings is 1. The normalized spacial score (nSPS) is 15.3. The molecule has 0 heterocycles. The molecule has 1 aromatic rings. The third kappa shape index (κ3) is 4.26. The third-order valence-corrected chi connectivity index (χ3v) is 3.54. The van der Waals surface area contributed by atoms with E-state index in [2.05, 4.69) is 18.7 Å². The van der Waals surface area contributed by atoms with Crippen molar-refractivity contribution in [2.75, 3.05) is 13.1 Å². The minimum atomic E-state index is 0.329. The Labute approximate surface area is 110 Å². The van der Waals surface area contributed by atoms with Gasteiger partial charge in [0.15, 0.2) is 5.78 Å². The molecule has 0 amide bonds. The van der Waals surface area contributed by atoms with Gasteiger partial charge in [0.1, 0.15) is 0 Å². The Morgan fingerprint density at radius 3 is 2.50 bits per heavy atom. The summed E-state index contributed by atoms with van der Waals surface area (Å²) in [5.74, 6) is 1.17. The van der Waals surface area contributed by atoms with Crippen LogP contribution in [-0.2, 0) is 11.2 Å². The molecule has 2 nitrogen and oxygen atoms in total. The van der Waals surface area contributed by atoms with Crippen LogP contribution in [0.25, 0.3) is 0 Å². The molecule has 0 spiro atoms. The number of hydrogen-bond acceptors (Lipinski definition) is 2. The highest BCUT2D eigenvalue weighted by Crippen LogP contribution is 2.30. The van der Waals surface area contributed by atoms with Gasteiger partial charge in [-0.05, 0) is 38.2 Å². The minimum absolute atomic E-state index is 0.329. The van der Waals surface area contributed by atoms with Gasteiger partial charge in [-0.25, -0.2) is 0 Å². The van der Waals surface area contributed by atoms with Gasteiger partial charge in [0.2, 0.25) is 0 Å². The van der Waals surface area contributed by atoms with Crippen molar-refractivity contribution in [3.05, 3.63) is 35.9 Å². The van der Waals surface area contributed by atoms with E-state index in [9.17, 15) is 4.79 Å². The number of ketones is 1. The molecule has 0 saturated heterocycles. The van der Waals surface area contributed by atoms with Crippen LogP contribution in [0.4, 0.5) is 0 Å². The van der Waals surface area contributed by atoms with E-state index in [0.717, 1.165) is 18.0 Å². The smallest absolute Gasteiger partial charge is 0.151 e. The van der Waals surface area contributed by atoms with Crippen molar-refractivity contribution in [3.63, 3.8) is 0 Å². The van der Waals surface area contributed by atoms with E-state index in [1.165, 1.54) is 12.8 Å². The summed E-state index contributed by atoms with van der Waals surface area (Å²) in [5.41, 5.74) is 1.12. The summed E-state index contributed by atoms with van der Waals surface area (Å²) < 4.78 is 0. The first-order valence-corrected chi connectivity index (χ1v) is 6.95. The van der Waals surface area contributed by atoms with Crippen LogP contribution in [0.15, 0.2) is 30.3 Å². The van der Waals surface area contributed by atoms with Gasteiger partial charge in [-0.2, -0.15) is 0 Å². The molecule has 1 saturated carbocycles. The molecule has 2 heteroatoms. The lowest BCUT2D eigenvalue weighted by atomic mass is 10.1. The zero-order chi connectivity index (χ0) is 13.0. The number of nitrogens with zero attached hydrogens (tertiary/aromatic N) is 1. The molecule has 0 unspecified atom stereocenters. The van der Waals surface area contributed by atoms with Crippen molar-refractivity contribution >= 4 is 5.78 Å². The van der Waals surface area contributed by atoms with E-state index >= 15 is 0 Å². The van der Waals surface area contributed by atoms with Crippen molar-refractivity contribution in [1.29, 1.82) is 0 Å². The molecule has 0 atom stereocenters. The van der Waals surface area contributed by atoms with Crippen LogP contribution in [0.5, 0.6) is 0 Å². The second kappa shape index (κ2) is 6.14. The number of Topliss-reactive ketones (excluding diaryl/α,β-unsaturated/α-hetero) is 1. The Hall–Kier alpha value is -1.15. The van der Waals surface area contributed by atoms with Gasteiger partial charge in [0.25, 0.3) is 0 Å². The van der Waals surface area contributed by atoms with E-state index in [-0.39, 0.29) is 0 Å². The van der Waals surface area contributed by atoms with E-state index in [1.54, 1.807) is 0 Å². The molecular weight excluding hydrogens is 222 g/mol. The van der Waals surface area contributed by atoms with Gasteiger partial charge in [-0.15, -0.1) is 0 Å². The molecule has 1 aliphatic carbocycles. The summed E-state index contributed by atoms with van der Waals surface area (Å²) in [6.45, 7) is 6.05. The molecule has 0 radical (unpaired) electrons. The molecule has 98 valence electrons. The summed E-state index contributed by atoms with van der Waals surface area (Å²) >= 11 is 0. The molecule has 2 rings (SSSR count). The lowest BCUT2D eigenvalue weighted by Gasteiger charge is -2.25. The van der Waals surface area contributed by atoms with E-state index in [4.69, 9.17) is 0 Å². The van der Waals surface area contributed by atoms with Crippen LogP contribution in [0.3, 0.4) is 0 Å². The van der Waals surface area contributed by atoms with Crippen molar-refractivity contribution in [2.45, 2.75) is 39.2 Å². The third-order valence-electron chi connectivity index (χ3n) is 3.54. The number of carbonyl (C=O) groups excluding carboxylic acids is 1. The highest BCUT2D eigenvalue weighted by Gasteiger charge is 2.26. The van der Waals surface area contributed by atoms with Crippen molar-refractivity contribution in [3.8, 4) is 0 Å². The first-order chi connectivity index (χ1) is 8.65. The molecule has 0 aromatic heterocycles. The molecule has 1 fully saturated rings. The Kier molecular flexibility index (Phi) is 4.54. The maximum atomic E-state index is 12.1. The van der Waals surface area contributed by atoms with Gasteiger partial charge in [0, 0.05) is 19.0 Å². The summed E-state index contributed by atoms with van der Waals surface area (Å²) in [6.07, 6.45) is 3.25. The zero-order valence-corrected chi connectivity index (χ0v) is 11.4. The molecule has 18 heavy (non-hydrogen) atoms. The average molecular weight is 245 g/mol. The Morgan fingerprint density at radius 1 is 1.28 bits per heavy atom. The number of hydrogen-bond donors (Lipinski definition) is 0.